The molecule has 2 N–H and O–H groups in total. The summed E-state index contributed by atoms with van der Waals surface area (Å²) in [7, 11) is 1.68. The Balaban J connectivity index is 1.85. The fourth-order valence-electron chi connectivity index (χ4n) is 2.62. The van der Waals surface area contributed by atoms with Gasteiger partial charge in [0.1, 0.15) is 12.0 Å². The molecule has 27 heavy (non-hydrogen) atoms. The number of carbonyl (C=O) groups is 1. The molecule has 140 valence electrons. The van der Waals surface area contributed by atoms with Gasteiger partial charge in [0, 0.05) is 19.7 Å². The van der Waals surface area contributed by atoms with E-state index < -0.39 is 16.5 Å². The number of hydrogen-bond donors (Lipinski definition) is 1. The number of carbonyl (C=O) groups excluding carboxylic acids is 1. The van der Waals surface area contributed by atoms with Crippen molar-refractivity contribution >= 4 is 22.9 Å². The minimum absolute atomic E-state index is 0.0212. The number of primary amides is 1. The summed E-state index contributed by atoms with van der Waals surface area (Å²) < 4.78 is 2.15. The third kappa shape index (κ3) is 3.31. The van der Waals surface area contributed by atoms with Crippen LogP contribution in [0.2, 0.25) is 0 Å². The number of hydrogen-bond acceptors (Lipinski definition) is 8. The van der Waals surface area contributed by atoms with Crippen molar-refractivity contribution in [3.8, 4) is 0 Å². The van der Waals surface area contributed by atoms with Crippen LogP contribution in [-0.2, 0) is 6.54 Å². The summed E-state index contributed by atoms with van der Waals surface area (Å²) in [5, 5.41) is 18.9. The molecule has 2 heterocycles. The topological polar surface area (TPSA) is 155 Å². The van der Waals surface area contributed by atoms with E-state index in [2.05, 4.69) is 15.3 Å². The van der Waals surface area contributed by atoms with Gasteiger partial charge in [-0.3, -0.25) is 14.9 Å². The van der Waals surface area contributed by atoms with Crippen LogP contribution in [0.5, 0.6) is 0 Å². The van der Waals surface area contributed by atoms with Crippen molar-refractivity contribution in [3.05, 3.63) is 56.4 Å². The van der Waals surface area contributed by atoms with Crippen LogP contribution < -0.4 is 16.3 Å². The Morgan fingerprint density at radius 2 is 2.15 bits per heavy atom. The number of amides is 1. The van der Waals surface area contributed by atoms with Gasteiger partial charge in [0.15, 0.2) is 11.3 Å². The van der Waals surface area contributed by atoms with Crippen LogP contribution >= 0.6 is 0 Å². The van der Waals surface area contributed by atoms with Crippen molar-refractivity contribution in [1.82, 2.24) is 24.4 Å². The largest absolute Gasteiger partial charge is 0.367 e. The molecule has 0 aliphatic heterocycles. The van der Waals surface area contributed by atoms with Crippen LogP contribution in [0.4, 0.5) is 11.4 Å². The van der Waals surface area contributed by atoms with Gasteiger partial charge < -0.3 is 10.6 Å². The number of fused-ring (bicyclic) bond motifs is 1. The SMILES string of the molecule is Cc1ccc(N(C)CCn2nnc3c(C(N)=O)ncn3c2=O)c([N+](=O)[O-])c1. The van der Waals surface area contributed by atoms with E-state index in [9.17, 15) is 19.7 Å². The third-order valence-electron chi connectivity index (χ3n) is 4.04. The maximum absolute atomic E-state index is 12.4. The second-order valence-corrected chi connectivity index (χ2v) is 5.92. The molecular formula is C15H16N8O4. The summed E-state index contributed by atoms with van der Waals surface area (Å²) in [4.78, 5) is 39.9. The van der Waals surface area contributed by atoms with Gasteiger partial charge in [-0.25, -0.2) is 14.2 Å². The fraction of sp³-hybridized carbons (Fsp3) is 0.267. The molecule has 0 unspecified atom stereocenters. The van der Waals surface area contributed by atoms with E-state index in [1.807, 2.05) is 0 Å². The number of aromatic nitrogens is 5. The molecule has 0 saturated carbocycles. The van der Waals surface area contributed by atoms with Crippen molar-refractivity contribution in [2.75, 3.05) is 18.5 Å². The van der Waals surface area contributed by atoms with E-state index in [0.717, 1.165) is 21.0 Å². The molecule has 1 aromatic carbocycles. The van der Waals surface area contributed by atoms with E-state index in [0.29, 0.717) is 5.69 Å². The Morgan fingerprint density at radius 1 is 1.41 bits per heavy atom. The maximum Gasteiger partial charge on any atom is 0.353 e. The number of benzene rings is 1. The number of anilines is 1. The molecule has 1 amide bonds. The minimum Gasteiger partial charge on any atom is -0.367 e. The second-order valence-electron chi connectivity index (χ2n) is 5.92. The highest BCUT2D eigenvalue weighted by Gasteiger charge is 2.18. The first-order valence-electron chi connectivity index (χ1n) is 7.86. The van der Waals surface area contributed by atoms with Gasteiger partial charge in [-0.1, -0.05) is 11.3 Å². The van der Waals surface area contributed by atoms with Crippen molar-refractivity contribution in [2.24, 2.45) is 5.73 Å². The Hall–Kier alpha value is -3.83. The molecular weight excluding hydrogens is 356 g/mol. The normalized spacial score (nSPS) is 10.9. The molecule has 0 radical (unpaired) electrons. The van der Waals surface area contributed by atoms with Gasteiger partial charge in [-0.2, -0.15) is 4.68 Å². The zero-order valence-electron chi connectivity index (χ0n) is 14.6. The van der Waals surface area contributed by atoms with Crippen LogP contribution in [0.3, 0.4) is 0 Å². The predicted octanol–water partition coefficient (Wildman–Crippen LogP) is -0.262. The van der Waals surface area contributed by atoms with Gasteiger partial charge in [-0.05, 0) is 18.6 Å². The van der Waals surface area contributed by atoms with Crippen LogP contribution in [-0.4, -0.2) is 48.8 Å². The Labute approximate surface area is 152 Å². The lowest BCUT2D eigenvalue weighted by atomic mass is 10.2. The van der Waals surface area contributed by atoms with Crippen molar-refractivity contribution in [2.45, 2.75) is 13.5 Å². The van der Waals surface area contributed by atoms with Crippen LogP contribution in [0.15, 0.2) is 29.3 Å². The van der Waals surface area contributed by atoms with E-state index >= 15 is 0 Å². The van der Waals surface area contributed by atoms with Crippen LogP contribution in [0.1, 0.15) is 16.1 Å². The molecule has 12 heteroatoms. The zero-order chi connectivity index (χ0) is 19.7. The molecule has 0 spiro atoms. The molecule has 12 nitrogen and oxygen atoms in total. The van der Waals surface area contributed by atoms with Crippen LogP contribution in [0.25, 0.3) is 5.65 Å². The summed E-state index contributed by atoms with van der Waals surface area (Å²) in [5.41, 5.74) is 5.64. The molecule has 0 atom stereocenters. The molecule has 0 bridgehead atoms. The smallest absolute Gasteiger partial charge is 0.353 e. The number of imidazole rings is 1. The lowest BCUT2D eigenvalue weighted by Crippen LogP contribution is -2.34. The fourth-order valence-corrected chi connectivity index (χ4v) is 2.62. The van der Waals surface area contributed by atoms with Gasteiger partial charge in [0.25, 0.3) is 11.6 Å². The summed E-state index contributed by atoms with van der Waals surface area (Å²) in [6.07, 6.45) is 1.15. The Kier molecular flexibility index (Phi) is 4.54. The molecule has 0 saturated heterocycles. The molecule has 2 aromatic heterocycles. The number of likely N-dealkylation sites (N-methyl/N-ethyl adjacent to an activating group) is 1. The second kappa shape index (κ2) is 6.82. The summed E-state index contributed by atoms with van der Waals surface area (Å²) in [5.74, 6) is -0.810. The number of nitrogens with zero attached hydrogens (tertiary/aromatic N) is 7. The quantitative estimate of drug-likeness (QED) is 0.458. The average molecular weight is 372 g/mol. The third-order valence-corrected chi connectivity index (χ3v) is 4.04. The molecule has 0 aliphatic carbocycles. The van der Waals surface area contributed by atoms with Gasteiger partial charge in [-0.15, -0.1) is 5.10 Å². The summed E-state index contributed by atoms with van der Waals surface area (Å²) >= 11 is 0. The van der Waals surface area contributed by atoms with Crippen LogP contribution in [0, 0.1) is 17.0 Å². The van der Waals surface area contributed by atoms with E-state index in [4.69, 9.17) is 5.73 Å². The van der Waals surface area contributed by atoms with E-state index in [1.54, 1.807) is 31.0 Å². The number of nitro groups is 1. The minimum atomic E-state index is -0.810. The van der Waals surface area contributed by atoms with Gasteiger partial charge >= 0.3 is 5.69 Å². The Morgan fingerprint density at radius 3 is 2.81 bits per heavy atom. The number of aryl methyl sites for hydroxylation is 1. The number of nitro benzene ring substituents is 1. The first kappa shape index (κ1) is 18.0. The molecule has 3 rings (SSSR count). The zero-order valence-corrected chi connectivity index (χ0v) is 14.6. The van der Waals surface area contributed by atoms with Gasteiger partial charge in [0.2, 0.25) is 0 Å². The highest BCUT2D eigenvalue weighted by atomic mass is 16.6. The first-order chi connectivity index (χ1) is 12.8. The summed E-state index contributed by atoms with van der Waals surface area (Å²) in [6, 6.07) is 4.91. The summed E-state index contributed by atoms with van der Waals surface area (Å²) in [6.45, 7) is 2.15. The Bertz CT molecular complexity index is 1100. The molecule has 0 fully saturated rings. The lowest BCUT2D eigenvalue weighted by molar-refractivity contribution is -0.384. The monoisotopic (exact) mass is 372 g/mol. The van der Waals surface area contributed by atoms with Crippen molar-refractivity contribution in [1.29, 1.82) is 0 Å². The average Bonchev–Trinajstić information content (AvgIpc) is 3.06. The number of nitrogens with two attached hydrogens (primary N) is 1. The predicted molar refractivity (Wildman–Crippen MR) is 94.7 cm³/mol. The lowest BCUT2D eigenvalue weighted by Gasteiger charge is -2.19. The standard InChI is InChI=1S/C15H16N8O4/c1-9-3-4-10(11(7-9)23(26)27)20(2)5-6-22-15(25)21-8-17-12(13(16)24)14(21)18-19-22/h3-4,7-8H,5-6H2,1-2H3,(H2,16,24). The van der Waals surface area contributed by atoms with Crippen molar-refractivity contribution in [3.63, 3.8) is 0 Å². The van der Waals surface area contributed by atoms with Gasteiger partial charge in [0.05, 0.1) is 11.5 Å². The highest BCUT2D eigenvalue weighted by Crippen LogP contribution is 2.28. The maximum atomic E-state index is 12.4. The molecule has 3 aromatic rings. The van der Waals surface area contributed by atoms with Crippen molar-refractivity contribution < 1.29 is 9.72 Å². The number of rotatable bonds is 6. The van der Waals surface area contributed by atoms with E-state index in [1.165, 1.54) is 6.07 Å². The first-order valence-corrected chi connectivity index (χ1v) is 7.86. The molecule has 0 aliphatic rings. The van der Waals surface area contributed by atoms with E-state index in [-0.39, 0.29) is 30.1 Å². The highest BCUT2D eigenvalue weighted by molar-refractivity contribution is 5.96.